The normalized spacial score (nSPS) is 15.1. The highest BCUT2D eigenvalue weighted by atomic mass is 35.5. The second-order valence-corrected chi connectivity index (χ2v) is 8.43. The van der Waals surface area contributed by atoms with Crippen LogP contribution in [0.15, 0.2) is 11.0 Å². The third-order valence-corrected chi connectivity index (χ3v) is 6.31. The molecule has 0 radical (unpaired) electrons. The summed E-state index contributed by atoms with van der Waals surface area (Å²) in [6.45, 7) is 4.75. The number of anilines is 1. The lowest BCUT2D eigenvalue weighted by atomic mass is 9.89. The molecule has 1 aliphatic rings. The number of ether oxygens (including phenoxy) is 1. The van der Waals surface area contributed by atoms with Crippen molar-refractivity contribution in [2.45, 2.75) is 59.0 Å². The number of halogens is 1. The summed E-state index contributed by atoms with van der Waals surface area (Å²) in [5.74, 6) is 1.26. The zero-order valence-electron chi connectivity index (χ0n) is 17.6. The van der Waals surface area contributed by atoms with E-state index in [2.05, 4.69) is 15.0 Å². The maximum atomic E-state index is 13.5. The Morgan fingerprint density at radius 1 is 1.20 bits per heavy atom. The first-order valence-corrected chi connectivity index (χ1v) is 10.7. The Labute approximate surface area is 180 Å². The Hall–Kier alpha value is -2.61. The molecule has 0 bridgehead atoms. The molecule has 3 heterocycles. The number of aromatic nitrogens is 5. The van der Waals surface area contributed by atoms with Gasteiger partial charge >= 0.3 is 5.69 Å². The lowest BCUT2D eigenvalue weighted by molar-refractivity contribution is 0.318. The molecule has 0 amide bonds. The minimum absolute atomic E-state index is 0.0437. The summed E-state index contributed by atoms with van der Waals surface area (Å²) in [5.41, 5.74) is 9.25. The SMILES string of the molecule is COc1c(C)cnc(Cn2c(=O)n(CC3CCCCC3)c3c(Cl)nc(N)nc32)c1C. The fourth-order valence-electron chi connectivity index (χ4n) is 4.50. The molecule has 30 heavy (non-hydrogen) atoms. The van der Waals surface area contributed by atoms with Crippen molar-refractivity contribution in [2.24, 2.45) is 5.92 Å². The van der Waals surface area contributed by atoms with Gasteiger partial charge in [-0.3, -0.25) is 14.1 Å². The van der Waals surface area contributed by atoms with Crippen LogP contribution in [0.25, 0.3) is 11.2 Å². The Kier molecular flexibility index (Phi) is 5.69. The second-order valence-electron chi connectivity index (χ2n) is 8.07. The number of imidazole rings is 1. The summed E-state index contributed by atoms with van der Waals surface area (Å²) in [5, 5.41) is 0.204. The Balaban J connectivity index is 1.84. The quantitative estimate of drug-likeness (QED) is 0.622. The summed E-state index contributed by atoms with van der Waals surface area (Å²) < 4.78 is 8.82. The number of methoxy groups -OCH3 is 1. The first-order chi connectivity index (χ1) is 14.4. The third-order valence-electron chi connectivity index (χ3n) is 6.05. The number of aryl methyl sites for hydroxylation is 1. The summed E-state index contributed by atoms with van der Waals surface area (Å²) in [4.78, 5) is 26.5. The molecule has 0 unspecified atom stereocenters. The number of pyridine rings is 1. The van der Waals surface area contributed by atoms with E-state index in [0.717, 1.165) is 35.4 Å². The topological polar surface area (TPSA) is 101 Å². The largest absolute Gasteiger partial charge is 0.496 e. The van der Waals surface area contributed by atoms with Crippen molar-refractivity contribution < 1.29 is 4.74 Å². The van der Waals surface area contributed by atoms with Gasteiger partial charge in [-0.25, -0.2) is 4.79 Å². The summed E-state index contributed by atoms with van der Waals surface area (Å²) in [6, 6.07) is 0. The van der Waals surface area contributed by atoms with E-state index in [-0.39, 0.29) is 23.3 Å². The molecule has 0 aliphatic heterocycles. The standard InChI is InChI=1S/C21H27ClN6O2/c1-12-9-24-15(13(2)17(12)30-3)11-28-19-16(18(22)25-20(23)26-19)27(21(28)29)10-14-7-5-4-6-8-14/h9,14H,4-8,10-11H2,1-3H3,(H2,23,25,26). The Morgan fingerprint density at radius 2 is 1.93 bits per heavy atom. The molecule has 9 heteroatoms. The molecule has 160 valence electrons. The Morgan fingerprint density at radius 3 is 2.63 bits per heavy atom. The maximum absolute atomic E-state index is 13.5. The van der Waals surface area contributed by atoms with Gasteiger partial charge in [0, 0.05) is 23.9 Å². The lowest BCUT2D eigenvalue weighted by Gasteiger charge is -2.21. The van der Waals surface area contributed by atoms with Crippen LogP contribution in [0.2, 0.25) is 5.15 Å². The van der Waals surface area contributed by atoms with Gasteiger partial charge in [0.1, 0.15) is 11.3 Å². The predicted octanol–water partition coefficient (Wildman–Crippen LogP) is 3.48. The van der Waals surface area contributed by atoms with E-state index >= 15 is 0 Å². The monoisotopic (exact) mass is 430 g/mol. The van der Waals surface area contributed by atoms with Crippen LogP contribution in [0.3, 0.4) is 0 Å². The molecule has 3 aromatic heterocycles. The molecule has 3 aromatic rings. The molecule has 1 aliphatic carbocycles. The molecule has 0 spiro atoms. The van der Waals surface area contributed by atoms with E-state index in [1.54, 1.807) is 22.4 Å². The van der Waals surface area contributed by atoms with E-state index in [4.69, 9.17) is 22.1 Å². The smallest absolute Gasteiger partial charge is 0.330 e. The molecule has 0 atom stereocenters. The molecule has 0 aromatic carbocycles. The molecule has 1 fully saturated rings. The fraction of sp³-hybridized carbons (Fsp3) is 0.524. The van der Waals surface area contributed by atoms with Crippen LogP contribution in [0.4, 0.5) is 5.95 Å². The second kappa shape index (κ2) is 8.26. The highest BCUT2D eigenvalue weighted by Gasteiger charge is 2.24. The van der Waals surface area contributed by atoms with Gasteiger partial charge in [0.2, 0.25) is 5.95 Å². The predicted molar refractivity (Wildman–Crippen MR) is 117 cm³/mol. The number of nitrogens with zero attached hydrogens (tertiary/aromatic N) is 5. The van der Waals surface area contributed by atoms with Crippen LogP contribution in [-0.4, -0.2) is 31.2 Å². The molecular weight excluding hydrogens is 404 g/mol. The lowest BCUT2D eigenvalue weighted by Crippen LogP contribution is -2.28. The van der Waals surface area contributed by atoms with Gasteiger partial charge in [0.15, 0.2) is 10.8 Å². The van der Waals surface area contributed by atoms with Crippen LogP contribution >= 0.6 is 11.6 Å². The van der Waals surface area contributed by atoms with E-state index in [1.165, 1.54) is 19.3 Å². The van der Waals surface area contributed by atoms with Crippen LogP contribution in [0.1, 0.15) is 48.9 Å². The molecule has 1 saturated carbocycles. The van der Waals surface area contributed by atoms with Crippen molar-refractivity contribution in [3.8, 4) is 5.75 Å². The molecule has 0 saturated heterocycles. The van der Waals surface area contributed by atoms with Gasteiger partial charge in [-0.1, -0.05) is 30.9 Å². The van der Waals surface area contributed by atoms with Gasteiger partial charge in [-0.2, -0.15) is 9.97 Å². The van der Waals surface area contributed by atoms with Crippen LogP contribution in [-0.2, 0) is 13.1 Å². The summed E-state index contributed by atoms with van der Waals surface area (Å²) in [7, 11) is 1.63. The van der Waals surface area contributed by atoms with Crippen molar-refractivity contribution >= 4 is 28.7 Å². The number of fused-ring (bicyclic) bond motifs is 1. The van der Waals surface area contributed by atoms with Gasteiger partial charge in [0.05, 0.1) is 19.3 Å². The van der Waals surface area contributed by atoms with Crippen molar-refractivity contribution in [3.63, 3.8) is 0 Å². The summed E-state index contributed by atoms with van der Waals surface area (Å²) in [6.07, 6.45) is 7.63. The first kappa shape index (κ1) is 20.7. The molecule has 4 rings (SSSR count). The van der Waals surface area contributed by atoms with Crippen LogP contribution < -0.4 is 16.2 Å². The van der Waals surface area contributed by atoms with Crippen LogP contribution in [0, 0.1) is 19.8 Å². The van der Waals surface area contributed by atoms with Gasteiger partial charge in [0.25, 0.3) is 0 Å². The van der Waals surface area contributed by atoms with E-state index in [0.29, 0.717) is 23.6 Å². The number of nitrogen functional groups attached to an aromatic ring is 1. The van der Waals surface area contributed by atoms with E-state index in [9.17, 15) is 4.79 Å². The molecule has 8 nitrogen and oxygen atoms in total. The highest BCUT2D eigenvalue weighted by molar-refractivity contribution is 6.33. The van der Waals surface area contributed by atoms with Gasteiger partial charge < -0.3 is 10.5 Å². The number of hydrogen-bond donors (Lipinski definition) is 1. The zero-order chi connectivity index (χ0) is 21.4. The fourth-order valence-corrected chi connectivity index (χ4v) is 4.78. The number of rotatable bonds is 5. The van der Waals surface area contributed by atoms with Crippen molar-refractivity contribution in [3.05, 3.63) is 38.7 Å². The third kappa shape index (κ3) is 3.64. The Bertz CT molecular complexity index is 1150. The number of hydrogen-bond acceptors (Lipinski definition) is 6. The van der Waals surface area contributed by atoms with Crippen LogP contribution in [0.5, 0.6) is 5.75 Å². The van der Waals surface area contributed by atoms with Crippen molar-refractivity contribution in [1.82, 2.24) is 24.1 Å². The van der Waals surface area contributed by atoms with E-state index < -0.39 is 0 Å². The number of nitrogens with two attached hydrogens (primary N) is 1. The summed E-state index contributed by atoms with van der Waals surface area (Å²) >= 11 is 6.43. The zero-order valence-corrected chi connectivity index (χ0v) is 18.4. The van der Waals surface area contributed by atoms with Crippen molar-refractivity contribution in [1.29, 1.82) is 0 Å². The molecular formula is C21H27ClN6O2. The molecule has 2 N–H and O–H groups in total. The van der Waals surface area contributed by atoms with Gasteiger partial charge in [-0.15, -0.1) is 0 Å². The average molecular weight is 431 g/mol. The van der Waals surface area contributed by atoms with Crippen molar-refractivity contribution in [2.75, 3.05) is 12.8 Å². The highest BCUT2D eigenvalue weighted by Crippen LogP contribution is 2.29. The minimum atomic E-state index is -0.168. The average Bonchev–Trinajstić information content (AvgIpc) is 2.97. The maximum Gasteiger partial charge on any atom is 0.330 e. The van der Waals surface area contributed by atoms with Gasteiger partial charge in [-0.05, 0) is 32.6 Å². The minimum Gasteiger partial charge on any atom is -0.496 e. The first-order valence-electron chi connectivity index (χ1n) is 10.3. The van der Waals surface area contributed by atoms with E-state index in [1.807, 2.05) is 13.8 Å².